The number of sulfonamides is 1. The molecule has 150 valence electrons. The number of fused-ring (bicyclic) bond motifs is 1. The van der Waals surface area contributed by atoms with Gasteiger partial charge in [-0.2, -0.15) is 0 Å². The van der Waals surface area contributed by atoms with E-state index in [0.717, 1.165) is 41.6 Å². The minimum atomic E-state index is -3.70. The number of hydrogen-bond donors (Lipinski definition) is 2. The van der Waals surface area contributed by atoms with Gasteiger partial charge in [0.2, 0.25) is 10.0 Å². The second-order valence-corrected chi connectivity index (χ2v) is 9.35. The molecule has 0 radical (unpaired) electrons. The first-order valence-electron chi connectivity index (χ1n) is 9.90. The molecule has 2 heterocycles. The summed E-state index contributed by atoms with van der Waals surface area (Å²) >= 11 is 0. The molecule has 1 aliphatic carbocycles. The largest absolute Gasteiger partial charge is 0.367 e. The maximum absolute atomic E-state index is 11.7. The molecule has 4 rings (SSSR count). The van der Waals surface area contributed by atoms with E-state index in [2.05, 4.69) is 20.2 Å². The van der Waals surface area contributed by atoms with Crippen LogP contribution in [0, 0.1) is 6.92 Å². The fourth-order valence-corrected chi connectivity index (χ4v) is 4.71. The van der Waals surface area contributed by atoms with Crippen molar-refractivity contribution in [3.8, 4) is 0 Å². The highest BCUT2D eigenvalue weighted by Crippen LogP contribution is 2.27. The quantitative estimate of drug-likeness (QED) is 0.817. The zero-order valence-corrected chi connectivity index (χ0v) is 17.0. The summed E-state index contributed by atoms with van der Waals surface area (Å²) in [7, 11) is -3.70. The molecule has 0 unspecified atom stereocenters. The minimum Gasteiger partial charge on any atom is -0.367 e. The highest BCUT2D eigenvalue weighted by Gasteiger charge is 2.21. The number of benzene rings is 1. The van der Waals surface area contributed by atoms with Crippen LogP contribution in [0.15, 0.2) is 29.2 Å². The topological polar surface area (TPSA) is 101 Å². The van der Waals surface area contributed by atoms with Gasteiger partial charge in [0, 0.05) is 25.2 Å². The minimum absolute atomic E-state index is 0.159. The van der Waals surface area contributed by atoms with Gasteiger partial charge in [-0.05, 0) is 49.4 Å². The van der Waals surface area contributed by atoms with Crippen molar-refractivity contribution in [2.24, 2.45) is 5.14 Å². The third kappa shape index (κ3) is 4.28. The SMILES string of the molecule is Cc1nc(NC2CCCCC2)cc(N2CCc3ccc(S(N)(=O)=O)cc3C2)n1. The Balaban J connectivity index is 1.56. The Kier molecular flexibility index (Phi) is 5.25. The number of rotatable bonds is 4. The van der Waals surface area contributed by atoms with E-state index in [1.54, 1.807) is 12.1 Å². The molecule has 0 atom stereocenters. The Hall–Kier alpha value is -2.19. The number of nitrogens with one attached hydrogen (secondary N) is 1. The number of aryl methyl sites for hydroxylation is 1. The summed E-state index contributed by atoms with van der Waals surface area (Å²) in [5.74, 6) is 2.48. The molecule has 0 amide bonds. The molecule has 2 aliphatic rings. The van der Waals surface area contributed by atoms with Crippen LogP contribution in [0.3, 0.4) is 0 Å². The zero-order valence-electron chi connectivity index (χ0n) is 16.2. The molecule has 7 nitrogen and oxygen atoms in total. The second-order valence-electron chi connectivity index (χ2n) is 7.78. The Bertz CT molecular complexity index is 971. The molecule has 1 saturated carbocycles. The predicted octanol–water partition coefficient (Wildman–Crippen LogP) is 2.74. The van der Waals surface area contributed by atoms with Gasteiger partial charge in [-0.1, -0.05) is 25.3 Å². The van der Waals surface area contributed by atoms with Gasteiger partial charge in [0.05, 0.1) is 4.90 Å². The summed E-state index contributed by atoms with van der Waals surface area (Å²) in [6, 6.07) is 7.64. The average Bonchev–Trinajstić information content (AvgIpc) is 2.67. The van der Waals surface area contributed by atoms with Crippen molar-refractivity contribution in [2.45, 2.75) is 62.9 Å². The smallest absolute Gasteiger partial charge is 0.238 e. The number of anilines is 2. The van der Waals surface area contributed by atoms with Gasteiger partial charge in [0.25, 0.3) is 0 Å². The van der Waals surface area contributed by atoms with Crippen molar-refractivity contribution in [1.29, 1.82) is 0 Å². The van der Waals surface area contributed by atoms with Crippen LogP contribution >= 0.6 is 0 Å². The van der Waals surface area contributed by atoms with Crippen molar-refractivity contribution in [1.82, 2.24) is 9.97 Å². The van der Waals surface area contributed by atoms with Crippen LogP contribution in [0.2, 0.25) is 0 Å². The number of hydrogen-bond acceptors (Lipinski definition) is 6. The highest BCUT2D eigenvalue weighted by atomic mass is 32.2. The average molecular weight is 402 g/mol. The molecule has 8 heteroatoms. The van der Waals surface area contributed by atoms with E-state index >= 15 is 0 Å². The molecule has 3 N–H and O–H groups in total. The van der Waals surface area contributed by atoms with Crippen molar-refractivity contribution >= 4 is 21.7 Å². The molecule has 1 aromatic carbocycles. The summed E-state index contributed by atoms with van der Waals surface area (Å²) in [6.07, 6.45) is 7.07. The van der Waals surface area contributed by atoms with Gasteiger partial charge in [-0.15, -0.1) is 0 Å². The maximum Gasteiger partial charge on any atom is 0.238 e. The first-order valence-corrected chi connectivity index (χ1v) is 11.4. The van der Waals surface area contributed by atoms with Crippen molar-refractivity contribution < 1.29 is 8.42 Å². The summed E-state index contributed by atoms with van der Waals surface area (Å²) in [5, 5.41) is 8.87. The van der Waals surface area contributed by atoms with E-state index in [4.69, 9.17) is 5.14 Å². The lowest BCUT2D eigenvalue weighted by molar-refractivity contribution is 0.461. The van der Waals surface area contributed by atoms with Crippen LogP contribution in [0.1, 0.15) is 49.1 Å². The van der Waals surface area contributed by atoms with Crippen LogP contribution in [0.4, 0.5) is 11.6 Å². The van der Waals surface area contributed by atoms with Crippen molar-refractivity contribution in [3.63, 3.8) is 0 Å². The zero-order chi connectivity index (χ0) is 19.7. The summed E-state index contributed by atoms with van der Waals surface area (Å²) in [4.78, 5) is 11.5. The number of nitrogens with two attached hydrogens (primary N) is 1. The van der Waals surface area contributed by atoms with E-state index in [0.29, 0.717) is 12.6 Å². The van der Waals surface area contributed by atoms with Gasteiger partial charge in [-0.25, -0.2) is 23.5 Å². The van der Waals surface area contributed by atoms with Gasteiger partial charge in [-0.3, -0.25) is 0 Å². The lowest BCUT2D eigenvalue weighted by Crippen LogP contribution is -2.32. The molecule has 0 bridgehead atoms. The van der Waals surface area contributed by atoms with Gasteiger partial charge >= 0.3 is 0 Å². The van der Waals surface area contributed by atoms with E-state index < -0.39 is 10.0 Å². The Morgan fingerprint density at radius 1 is 1.11 bits per heavy atom. The first-order chi connectivity index (χ1) is 13.4. The fraction of sp³-hybridized carbons (Fsp3) is 0.500. The second kappa shape index (κ2) is 7.67. The molecule has 2 aromatic rings. The van der Waals surface area contributed by atoms with Crippen molar-refractivity contribution in [2.75, 3.05) is 16.8 Å². The van der Waals surface area contributed by atoms with E-state index in [9.17, 15) is 8.42 Å². The summed E-state index contributed by atoms with van der Waals surface area (Å²) in [5.41, 5.74) is 2.14. The van der Waals surface area contributed by atoms with Crippen LogP contribution in [0.5, 0.6) is 0 Å². The molecule has 1 aromatic heterocycles. The molecular formula is C20H27N5O2S. The highest BCUT2D eigenvalue weighted by molar-refractivity contribution is 7.89. The van der Waals surface area contributed by atoms with E-state index in [-0.39, 0.29) is 4.90 Å². The van der Waals surface area contributed by atoms with Crippen LogP contribution < -0.4 is 15.4 Å². The third-order valence-electron chi connectivity index (χ3n) is 5.62. The normalized spacial score (nSPS) is 18.0. The Morgan fingerprint density at radius 2 is 1.89 bits per heavy atom. The summed E-state index contributed by atoms with van der Waals surface area (Å²) in [6.45, 7) is 3.35. The molecule has 0 spiro atoms. The maximum atomic E-state index is 11.7. The number of nitrogens with zero attached hydrogens (tertiary/aromatic N) is 3. The Labute approximate surface area is 166 Å². The van der Waals surface area contributed by atoms with Gasteiger partial charge in [0.1, 0.15) is 17.5 Å². The molecule has 28 heavy (non-hydrogen) atoms. The lowest BCUT2D eigenvalue weighted by atomic mass is 9.95. The van der Waals surface area contributed by atoms with Gasteiger partial charge < -0.3 is 10.2 Å². The number of aromatic nitrogens is 2. The summed E-state index contributed by atoms with van der Waals surface area (Å²) < 4.78 is 23.4. The molecule has 0 saturated heterocycles. The van der Waals surface area contributed by atoms with E-state index in [1.807, 2.05) is 19.1 Å². The molecule has 1 aliphatic heterocycles. The van der Waals surface area contributed by atoms with Crippen LogP contribution in [0.25, 0.3) is 0 Å². The predicted molar refractivity (Wildman–Crippen MR) is 110 cm³/mol. The fourth-order valence-electron chi connectivity index (χ4n) is 4.15. The molecule has 1 fully saturated rings. The first kappa shape index (κ1) is 19.1. The Morgan fingerprint density at radius 3 is 2.64 bits per heavy atom. The van der Waals surface area contributed by atoms with Crippen LogP contribution in [-0.4, -0.2) is 31.0 Å². The molecular weight excluding hydrogens is 374 g/mol. The lowest BCUT2D eigenvalue weighted by Gasteiger charge is -2.31. The standard InChI is InChI=1S/C20H27N5O2S/c1-14-22-19(24-17-5-3-2-4-6-17)12-20(23-14)25-10-9-15-7-8-18(28(21,26)27)11-16(15)13-25/h7-8,11-12,17H,2-6,9-10,13H2,1H3,(H2,21,26,27)(H,22,23,24). The monoisotopic (exact) mass is 401 g/mol. The van der Waals surface area contributed by atoms with E-state index in [1.165, 1.54) is 32.1 Å². The number of primary sulfonamides is 1. The van der Waals surface area contributed by atoms with Crippen LogP contribution in [-0.2, 0) is 23.0 Å². The third-order valence-corrected chi connectivity index (χ3v) is 6.54. The van der Waals surface area contributed by atoms with Gasteiger partial charge in [0.15, 0.2) is 0 Å². The van der Waals surface area contributed by atoms with Crippen molar-refractivity contribution in [3.05, 3.63) is 41.2 Å².